The lowest BCUT2D eigenvalue weighted by Gasteiger charge is -2.28. The van der Waals surface area contributed by atoms with Gasteiger partial charge in [-0.15, -0.1) is 0 Å². The largest absolute Gasteiger partial charge is 0.325 e. The van der Waals surface area contributed by atoms with Crippen molar-refractivity contribution < 1.29 is 9.18 Å². The highest BCUT2D eigenvalue weighted by atomic mass is 19.1. The molecule has 0 spiro atoms. The Labute approximate surface area is 130 Å². The molecule has 1 amide bonds. The fourth-order valence-electron chi connectivity index (χ4n) is 3.39. The first-order chi connectivity index (χ1) is 10.6. The van der Waals surface area contributed by atoms with Gasteiger partial charge in [0.15, 0.2) is 0 Å². The quantitative estimate of drug-likeness (QED) is 0.882. The van der Waals surface area contributed by atoms with E-state index in [-0.39, 0.29) is 11.7 Å². The highest BCUT2D eigenvalue weighted by Gasteiger charge is 2.42. The Hall–Kier alpha value is -2.16. The second-order valence-corrected chi connectivity index (χ2v) is 6.12. The van der Waals surface area contributed by atoms with Crippen LogP contribution in [0, 0.1) is 12.7 Å². The fourth-order valence-corrected chi connectivity index (χ4v) is 3.39. The van der Waals surface area contributed by atoms with E-state index < -0.39 is 5.41 Å². The maximum atomic E-state index is 13.6. The first-order valence-corrected chi connectivity index (χ1v) is 7.74. The molecule has 2 nitrogen and oxygen atoms in total. The molecule has 3 heteroatoms. The Balaban J connectivity index is 1.92. The minimum Gasteiger partial charge on any atom is -0.325 e. The molecule has 0 aliphatic heterocycles. The summed E-state index contributed by atoms with van der Waals surface area (Å²) in [4.78, 5) is 12.9. The van der Waals surface area contributed by atoms with Crippen molar-refractivity contribution in [3.05, 3.63) is 65.5 Å². The van der Waals surface area contributed by atoms with Crippen molar-refractivity contribution >= 4 is 11.6 Å². The molecule has 1 aliphatic rings. The first-order valence-electron chi connectivity index (χ1n) is 7.74. The van der Waals surface area contributed by atoms with Crippen molar-refractivity contribution in [2.75, 3.05) is 5.32 Å². The monoisotopic (exact) mass is 297 g/mol. The molecule has 2 aromatic rings. The highest BCUT2D eigenvalue weighted by molar-refractivity contribution is 5.99. The molecule has 0 radical (unpaired) electrons. The summed E-state index contributed by atoms with van der Waals surface area (Å²) in [7, 11) is 0. The fraction of sp³-hybridized carbons (Fsp3) is 0.316. The molecule has 1 aliphatic carbocycles. The Bertz CT molecular complexity index is 689. The summed E-state index contributed by atoms with van der Waals surface area (Å²) in [6, 6.07) is 14.2. The summed E-state index contributed by atoms with van der Waals surface area (Å²) in [5.74, 6) is -0.312. The molecule has 1 fully saturated rings. The molecule has 3 rings (SSSR count). The van der Waals surface area contributed by atoms with Crippen molar-refractivity contribution in [3.63, 3.8) is 0 Å². The van der Waals surface area contributed by atoms with Crippen molar-refractivity contribution in [2.45, 2.75) is 38.0 Å². The number of aryl methyl sites for hydroxylation is 1. The third-order valence-corrected chi connectivity index (χ3v) is 4.54. The molecule has 0 unspecified atom stereocenters. The minimum atomic E-state index is -0.605. The van der Waals surface area contributed by atoms with Gasteiger partial charge in [-0.05, 0) is 55.2 Å². The summed E-state index contributed by atoms with van der Waals surface area (Å²) in [6.07, 6.45) is 3.54. The van der Waals surface area contributed by atoms with Gasteiger partial charge >= 0.3 is 0 Å². The topological polar surface area (TPSA) is 29.1 Å². The second kappa shape index (κ2) is 5.91. The minimum absolute atomic E-state index is 0.0267. The SMILES string of the molecule is Cc1cccc(NC(=O)C2(c3cccc(F)c3)CCCC2)c1. The number of amides is 1. The molecule has 0 bridgehead atoms. The van der Waals surface area contributed by atoms with E-state index in [1.165, 1.54) is 12.1 Å². The van der Waals surface area contributed by atoms with Gasteiger partial charge < -0.3 is 5.32 Å². The Morgan fingerprint density at radius 1 is 1.09 bits per heavy atom. The summed E-state index contributed by atoms with van der Waals surface area (Å²) >= 11 is 0. The molecule has 114 valence electrons. The van der Waals surface area contributed by atoms with E-state index in [1.807, 2.05) is 37.3 Å². The average Bonchev–Trinajstić information content (AvgIpc) is 2.98. The molecule has 0 atom stereocenters. The Morgan fingerprint density at radius 3 is 2.50 bits per heavy atom. The van der Waals surface area contributed by atoms with Crippen molar-refractivity contribution in [1.29, 1.82) is 0 Å². The van der Waals surface area contributed by atoms with Gasteiger partial charge in [-0.2, -0.15) is 0 Å². The van der Waals surface area contributed by atoms with Crippen LogP contribution in [0.15, 0.2) is 48.5 Å². The zero-order chi connectivity index (χ0) is 15.6. The second-order valence-electron chi connectivity index (χ2n) is 6.12. The number of benzene rings is 2. The molecular formula is C19H20FNO. The molecule has 2 aromatic carbocycles. The van der Waals surface area contributed by atoms with E-state index in [2.05, 4.69) is 5.32 Å². The number of carbonyl (C=O) groups excluding carboxylic acids is 1. The number of halogens is 1. The molecule has 0 aromatic heterocycles. The smallest absolute Gasteiger partial charge is 0.235 e. The van der Waals surface area contributed by atoms with Gasteiger partial charge in [0.25, 0.3) is 0 Å². The normalized spacial score (nSPS) is 16.5. The van der Waals surface area contributed by atoms with Crippen molar-refractivity contribution in [2.24, 2.45) is 0 Å². The third-order valence-electron chi connectivity index (χ3n) is 4.54. The van der Waals surface area contributed by atoms with Crippen LogP contribution in [0.4, 0.5) is 10.1 Å². The van der Waals surface area contributed by atoms with Crippen LogP contribution in [0.5, 0.6) is 0 Å². The zero-order valence-corrected chi connectivity index (χ0v) is 12.7. The van der Waals surface area contributed by atoms with Crippen molar-refractivity contribution in [1.82, 2.24) is 0 Å². The molecule has 0 saturated heterocycles. The van der Waals surface area contributed by atoms with E-state index >= 15 is 0 Å². The standard InChI is InChI=1S/C19H20FNO/c1-14-6-4-9-17(12-14)21-18(22)19(10-2-3-11-19)15-7-5-8-16(20)13-15/h4-9,12-13H,2-3,10-11H2,1H3,(H,21,22). The van der Waals surface area contributed by atoms with E-state index in [4.69, 9.17) is 0 Å². The van der Waals surface area contributed by atoms with Crippen LogP contribution >= 0.6 is 0 Å². The number of rotatable bonds is 3. The number of hydrogen-bond acceptors (Lipinski definition) is 1. The van der Waals surface area contributed by atoms with Gasteiger partial charge in [0.05, 0.1) is 5.41 Å². The average molecular weight is 297 g/mol. The molecule has 1 saturated carbocycles. The Morgan fingerprint density at radius 2 is 1.82 bits per heavy atom. The van der Waals surface area contributed by atoms with E-state index in [0.29, 0.717) is 0 Å². The number of nitrogens with one attached hydrogen (secondary N) is 1. The lowest BCUT2D eigenvalue weighted by atomic mass is 9.78. The predicted molar refractivity (Wildman–Crippen MR) is 86.4 cm³/mol. The number of hydrogen-bond donors (Lipinski definition) is 1. The maximum absolute atomic E-state index is 13.6. The van der Waals surface area contributed by atoms with Crippen LogP contribution in [0.2, 0.25) is 0 Å². The first kappa shape index (κ1) is 14.8. The summed E-state index contributed by atoms with van der Waals surface area (Å²) in [5, 5.41) is 3.02. The van der Waals surface area contributed by atoms with Crippen LogP contribution in [0.1, 0.15) is 36.8 Å². The molecule has 1 N–H and O–H groups in total. The van der Waals surface area contributed by atoms with Gasteiger partial charge in [0, 0.05) is 5.69 Å². The van der Waals surface area contributed by atoms with Gasteiger partial charge in [0.2, 0.25) is 5.91 Å². The molecular weight excluding hydrogens is 277 g/mol. The Kier molecular flexibility index (Phi) is 3.97. The van der Waals surface area contributed by atoms with Crippen LogP contribution in [0.25, 0.3) is 0 Å². The van der Waals surface area contributed by atoms with Gasteiger partial charge in [-0.25, -0.2) is 4.39 Å². The number of carbonyl (C=O) groups is 1. The van der Waals surface area contributed by atoms with E-state index in [9.17, 15) is 9.18 Å². The van der Waals surface area contributed by atoms with Gasteiger partial charge in [-0.1, -0.05) is 37.1 Å². The molecule has 0 heterocycles. The van der Waals surface area contributed by atoms with E-state index in [0.717, 1.165) is 42.5 Å². The van der Waals surface area contributed by atoms with Crippen LogP contribution in [0.3, 0.4) is 0 Å². The highest BCUT2D eigenvalue weighted by Crippen LogP contribution is 2.42. The molecule has 22 heavy (non-hydrogen) atoms. The lowest BCUT2D eigenvalue weighted by Crippen LogP contribution is -2.38. The lowest BCUT2D eigenvalue weighted by molar-refractivity contribution is -0.121. The number of anilines is 1. The van der Waals surface area contributed by atoms with Crippen molar-refractivity contribution in [3.8, 4) is 0 Å². The van der Waals surface area contributed by atoms with Crippen LogP contribution in [-0.2, 0) is 10.2 Å². The van der Waals surface area contributed by atoms with E-state index in [1.54, 1.807) is 6.07 Å². The zero-order valence-electron chi connectivity index (χ0n) is 12.7. The van der Waals surface area contributed by atoms with Gasteiger partial charge in [-0.3, -0.25) is 4.79 Å². The van der Waals surface area contributed by atoms with Crippen LogP contribution < -0.4 is 5.32 Å². The van der Waals surface area contributed by atoms with Crippen LogP contribution in [-0.4, -0.2) is 5.91 Å². The predicted octanol–water partition coefficient (Wildman–Crippen LogP) is 4.58. The summed E-state index contributed by atoms with van der Waals surface area (Å²) in [6.45, 7) is 1.99. The third kappa shape index (κ3) is 2.76. The van der Waals surface area contributed by atoms with Gasteiger partial charge in [0.1, 0.15) is 5.82 Å². The summed E-state index contributed by atoms with van der Waals surface area (Å²) in [5.41, 5.74) is 2.08. The summed E-state index contributed by atoms with van der Waals surface area (Å²) < 4.78 is 13.6. The maximum Gasteiger partial charge on any atom is 0.235 e.